The smallest absolute Gasteiger partial charge is 0.317 e. The summed E-state index contributed by atoms with van der Waals surface area (Å²) in [6.07, 6.45) is 4.61. The molecular formula is C17H28N6O4. The van der Waals surface area contributed by atoms with Gasteiger partial charge in [0, 0.05) is 33.3 Å². The predicted octanol–water partition coefficient (Wildman–Crippen LogP) is 0.216. The number of carbonyl (C=O) groups excluding carboxylic acids is 2. The van der Waals surface area contributed by atoms with E-state index in [0.29, 0.717) is 19.7 Å². The van der Waals surface area contributed by atoms with Gasteiger partial charge in [0.05, 0.1) is 12.6 Å². The van der Waals surface area contributed by atoms with Crippen LogP contribution in [0.15, 0.2) is 4.52 Å². The molecule has 0 bridgehead atoms. The Bertz CT molecular complexity index is 631. The molecule has 0 aliphatic carbocycles. The Morgan fingerprint density at radius 2 is 2.00 bits per heavy atom. The maximum atomic E-state index is 12.5. The zero-order valence-electron chi connectivity index (χ0n) is 15.8. The molecular weight excluding hydrogens is 352 g/mol. The number of urea groups is 1. The number of ether oxygens (including phenoxy) is 1. The molecule has 0 spiro atoms. The predicted molar refractivity (Wildman–Crippen MR) is 96.1 cm³/mol. The van der Waals surface area contributed by atoms with Crippen molar-refractivity contribution in [3.63, 3.8) is 0 Å². The summed E-state index contributed by atoms with van der Waals surface area (Å²) in [6, 6.07) is -0.191. The lowest BCUT2D eigenvalue weighted by Gasteiger charge is -2.31. The van der Waals surface area contributed by atoms with Crippen molar-refractivity contribution in [2.75, 3.05) is 46.4 Å². The maximum absolute atomic E-state index is 12.5. The SMILES string of the molecule is CNC(=O)c1noc(CNC(=O)N2CCCOC(CN3CCCCC3)C2)n1. The molecule has 2 aliphatic rings. The average Bonchev–Trinajstić information content (AvgIpc) is 3.05. The van der Waals surface area contributed by atoms with Crippen LogP contribution >= 0.6 is 0 Å². The van der Waals surface area contributed by atoms with Gasteiger partial charge in [-0.3, -0.25) is 4.79 Å². The van der Waals surface area contributed by atoms with Crippen molar-refractivity contribution >= 4 is 11.9 Å². The molecule has 1 atom stereocenters. The Morgan fingerprint density at radius 3 is 2.78 bits per heavy atom. The molecule has 3 amide bonds. The van der Waals surface area contributed by atoms with Gasteiger partial charge in [-0.1, -0.05) is 11.6 Å². The molecule has 10 nitrogen and oxygen atoms in total. The standard InChI is InChI=1S/C17H28N6O4/c1-18-16(24)15-20-14(27-21-15)10-19-17(25)23-8-5-9-26-13(12-23)11-22-6-3-2-4-7-22/h13H,2-12H2,1H3,(H,18,24)(H,19,25). The highest BCUT2D eigenvalue weighted by molar-refractivity contribution is 5.89. The molecule has 0 radical (unpaired) electrons. The van der Waals surface area contributed by atoms with Gasteiger partial charge in [0.1, 0.15) is 0 Å². The van der Waals surface area contributed by atoms with Gasteiger partial charge < -0.3 is 29.7 Å². The molecule has 1 unspecified atom stereocenters. The number of aromatic nitrogens is 2. The van der Waals surface area contributed by atoms with Gasteiger partial charge >= 0.3 is 6.03 Å². The first kappa shape index (κ1) is 19.6. The van der Waals surface area contributed by atoms with Crippen LogP contribution in [0.4, 0.5) is 4.79 Å². The Morgan fingerprint density at radius 1 is 1.19 bits per heavy atom. The van der Waals surface area contributed by atoms with Crippen molar-refractivity contribution in [3.05, 3.63) is 11.7 Å². The molecule has 2 N–H and O–H groups in total. The minimum absolute atomic E-state index is 0.0274. The fourth-order valence-electron chi connectivity index (χ4n) is 3.41. The van der Waals surface area contributed by atoms with Crippen molar-refractivity contribution in [2.24, 2.45) is 0 Å². The van der Waals surface area contributed by atoms with Gasteiger partial charge in [-0.05, 0) is 32.4 Å². The maximum Gasteiger partial charge on any atom is 0.317 e. The van der Waals surface area contributed by atoms with Crippen LogP contribution < -0.4 is 10.6 Å². The minimum atomic E-state index is -0.429. The Balaban J connectivity index is 1.48. The van der Waals surface area contributed by atoms with Crippen molar-refractivity contribution < 1.29 is 18.8 Å². The highest BCUT2D eigenvalue weighted by Gasteiger charge is 2.25. The second-order valence-electron chi connectivity index (χ2n) is 6.90. The third-order valence-electron chi connectivity index (χ3n) is 4.84. The van der Waals surface area contributed by atoms with E-state index in [2.05, 4.69) is 25.7 Å². The lowest BCUT2D eigenvalue weighted by atomic mass is 10.1. The van der Waals surface area contributed by atoms with E-state index >= 15 is 0 Å². The van der Waals surface area contributed by atoms with Gasteiger partial charge in [-0.2, -0.15) is 4.98 Å². The molecule has 0 saturated carbocycles. The zero-order chi connectivity index (χ0) is 19.1. The van der Waals surface area contributed by atoms with Crippen LogP contribution in [0.25, 0.3) is 0 Å². The van der Waals surface area contributed by atoms with Crippen LogP contribution in [0, 0.1) is 0 Å². The summed E-state index contributed by atoms with van der Waals surface area (Å²) in [5.41, 5.74) is 0. The molecule has 2 fully saturated rings. The number of amides is 3. The fourth-order valence-corrected chi connectivity index (χ4v) is 3.41. The molecule has 27 heavy (non-hydrogen) atoms. The van der Waals surface area contributed by atoms with Crippen LogP contribution in [0.2, 0.25) is 0 Å². The van der Waals surface area contributed by atoms with E-state index in [1.54, 1.807) is 4.90 Å². The Hall–Kier alpha value is -2.20. The largest absolute Gasteiger partial charge is 0.375 e. The average molecular weight is 380 g/mol. The number of carbonyl (C=O) groups is 2. The molecule has 150 valence electrons. The van der Waals surface area contributed by atoms with Crippen LogP contribution in [-0.4, -0.2) is 84.4 Å². The van der Waals surface area contributed by atoms with Gasteiger partial charge in [0.25, 0.3) is 11.7 Å². The summed E-state index contributed by atoms with van der Waals surface area (Å²) in [4.78, 5) is 32.1. The van der Waals surface area contributed by atoms with Crippen LogP contribution in [0.1, 0.15) is 42.2 Å². The van der Waals surface area contributed by atoms with Crippen molar-refractivity contribution in [2.45, 2.75) is 38.3 Å². The summed E-state index contributed by atoms with van der Waals surface area (Å²) in [5, 5.41) is 8.78. The summed E-state index contributed by atoms with van der Waals surface area (Å²) in [7, 11) is 1.49. The normalized spacial score (nSPS) is 21.5. The van der Waals surface area contributed by atoms with E-state index in [9.17, 15) is 9.59 Å². The molecule has 2 saturated heterocycles. The highest BCUT2D eigenvalue weighted by Crippen LogP contribution is 2.13. The summed E-state index contributed by atoms with van der Waals surface area (Å²) in [5.74, 6) is -0.286. The monoisotopic (exact) mass is 380 g/mol. The number of nitrogens with one attached hydrogen (secondary N) is 2. The molecule has 1 aromatic heterocycles. The number of hydrogen-bond donors (Lipinski definition) is 2. The number of nitrogens with zero attached hydrogens (tertiary/aromatic N) is 4. The molecule has 0 aromatic carbocycles. The van der Waals surface area contributed by atoms with Gasteiger partial charge in [0.2, 0.25) is 5.89 Å². The number of hydrogen-bond acceptors (Lipinski definition) is 7. The molecule has 1 aromatic rings. The second-order valence-corrected chi connectivity index (χ2v) is 6.90. The Labute approximate surface area is 158 Å². The number of piperidine rings is 1. The molecule has 2 aliphatic heterocycles. The van der Waals surface area contributed by atoms with E-state index in [1.807, 2.05) is 0 Å². The van der Waals surface area contributed by atoms with Crippen LogP contribution in [0.3, 0.4) is 0 Å². The molecule has 3 heterocycles. The third-order valence-corrected chi connectivity index (χ3v) is 4.84. The quantitative estimate of drug-likeness (QED) is 0.751. The first-order valence-corrected chi connectivity index (χ1v) is 9.57. The van der Waals surface area contributed by atoms with Crippen molar-refractivity contribution in [1.82, 2.24) is 30.6 Å². The summed E-state index contributed by atoms with van der Waals surface area (Å²) in [6.45, 7) is 5.04. The lowest BCUT2D eigenvalue weighted by molar-refractivity contribution is 0.0256. The first-order chi connectivity index (χ1) is 13.2. The lowest BCUT2D eigenvalue weighted by Crippen LogP contribution is -2.46. The van der Waals surface area contributed by atoms with E-state index in [-0.39, 0.29) is 30.4 Å². The first-order valence-electron chi connectivity index (χ1n) is 9.57. The molecule has 10 heteroatoms. The number of rotatable bonds is 5. The highest BCUT2D eigenvalue weighted by atomic mass is 16.5. The Kier molecular flexibility index (Phi) is 6.99. The van der Waals surface area contributed by atoms with Gasteiger partial charge in [-0.15, -0.1) is 0 Å². The topological polar surface area (TPSA) is 113 Å². The minimum Gasteiger partial charge on any atom is -0.375 e. The van der Waals surface area contributed by atoms with Gasteiger partial charge in [-0.25, -0.2) is 4.79 Å². The number of likely N-dealkylation sites (tertiary alicyclic amines) is 1. The van der Waals surface area contributed by atoms with E-state index in [4.69, 9.17) is 9.26 Å². The van der Waals surface area contributed by atoms with E-state index in [1.165, 1.54) is 26.3 Å². The van der Waals surface area contributed by atoms with Gasteiger partial charge in [0.15, 0.2) is 0 Å². The summed E-state index contributed by atoms with van der Waals surface area (Å²) >= 11 is 0. The second kappa shape index (κ2) is 9.65. The van der Waals surface area contributed by atoms with Crippen molar-refractivity contribution in [3.8, 4) is 0 Å². The third kappa shape index (κ3) is 5.64. The van der Waals surface area contributed by atoms with E-state index in [0.717, 1.165) is 26.1 Å². The van der Waals surface area contributed by atoms with Crippen molar-refractivity contribution in [1.29, 1.82) is 0 Å². The van der Waals surface area contributed by atoms with Crippen LogP contribution in [-0.2, 0) is 11.3 Å². The molecule has 3 rings (SSSR count). The van der Waals surface area contributed by atoms with Crippen LogP contribution in [0.5, 0.6) is 0 Å². The zero-order valence-corrected chi connectivity index (χ0v) is 15.8. The summed E-state index contributed by atoms with van der Waals surface area (Å²) < 4.78 is 10.9. The van der Waals surface area contributed by atoms with E-state index < -0.39 is 5.91 Å². The fraction of sp³-hybridized carbons (Fsp3) is 0.765.